The van der Waals surface area contributed by atoms with Crippen LogP contribution >= 0.6 is 0 Å². The Morgan fingerprint density at radius 2 is 1.82 bits per heavy atom. The second kappa shape index (κ2) is 9.68. The van der Waals surface area contributed by atoms with E-state index < -0.39 is 33.0 Å². The van der Waals surface area contributed by atoms with Gasteiger partial charge in [0.25, 0.3) is 5.91 Å². The highest BCUT2D eigenvalue weighted by atomic mass is 32.2. The minimum Gasteiger partial charge on any atom is -0.387 e. The molecule has 3 amide bonds. The summed E-state index contributed by atoms with van der Waals surface area (Å²) in [6, 6.07) is 8.10. The first-order valence-corrected chi connectivity index (χ1v) is 12.0. The molecule has 0 unspecified atom stereocenters. The summed E-state index contributed by atoms with van der Waals surface area (Å²) in [6.07, 6.45) is 2.30. The lowest BCUT2D eigenvalue weighted by Gasteiger charge is -2.27. The number of nitrogens with one attached hydrogen (secondary N) is 2. The van der Waals surface area contributed by atoms with Gasteiger partial charge in [0.1, 0.15) is 6.61 Å². The number of fused-ring (bicyclic) bond motifs is 1. The van der Waals surface area contributed by atoms with Crippen LogP contribution in [0.2, 0.25) is 0 Å². The smallest absolute Gasteiger partial charge is 0.328 e. The molecular weight excluding hydrogens is 464 g/mol. The van der Waals surface area contributed by atoms with Crippen molar-refractivity contribution in [1.82, 2.24) is 14.9 Å². The molecule has 2 aromatic rings. The molecule has 0 fully saturated rings. The lowest BCUT2D eigenvalue weighted by atomic mass is 10.1. The van der Waals surface area contributed by atoms with E-state index >= 15 is 0 Å². The third-order valence-electron chi connectivity index (χ3n) is 5.65. The van der Waals surface area contributed by atoms with E-state index in [1.54, 1.807) is 36.5 Å². The highest BCUT2D eigenvalue weighted by Gasteiger charge is 2.44. The van der Waals surface area contributed by atoms with Crippen molar-refractivity contribution in [1.29, 1.82) is 0 Å². The molecule has 1 aliphatic heterocycles. The van der Waals surface area contributed by atoms with Gasteiger partial charge < -0.3 is 15.3 Å². The van der Waals surface area contributed by atoms with Gasteiger partial charge in [-0.15, -0.1) is 0 Å². The standard InChI is InChI=1S/C22H24N4O7S/c1-22(20(29)24-31,34(2,32)33)9-10-25-13-18-11-16(12-26(18)21(25)30)4-3-15-5-7-17(8-6-15)23-19(28)14-27/h5-8,11-12,27,31H,9-10,13-14H2,1-2H3,(H,23,28)(H,24,29)/t22-/m1/s1. The van der Waals surface area contributed by atoms with Crippen molar-refractivity contribution in [2.75, 3.05) is 24.7 Å². The first-order valence-electron chi connectivity index (χ1n) is 10.2. The Morgan fingerprint density at radius 3 is 2.38 bits per heavy atom. The maximum atomic E-state index is 12.7. The van der Waals surface area contributed by atoms with Crippen LogP contribution < -0.4 is 10.8 Å². The van der Waals surface area contributed by atoms with Crippen molar-refractivity contribution >= 4 is 33.4 Å². The molecule has 2 heterocycles. The lowest BCUT2D eigenvalue weighted by Crippen LogP contribution is -2.50. The van der Waals surface area contributed by atoms with Crippen LogP contribution in [-0.2, 0) is 26.0 Å². The topological polar surface area (TPSA) is 158 Å². The number of aliphatic hydroxyl groups is 1. The van der Waals surface area contributed by atoms with Crippen LogP contribution in [0.15, 0.2) is 36.5 Å². The molecule has 1 atom stereocenters. The number of aliphatic hydroxyl groups excluding tert-OH is 1. The van der Waals surface area contributed by atoms with Crippen LogP contribution in [0.5, 0.6) is 0 Å². The molecule has 1 aliphatic rings. The highest BCUT2D eigenvalue weighted by Crippen LogP contribution is 2.25. The van der Waals surface area contributed by atoms with Crippen LogP contribution in [-0.4, -0.2) is 70.2 Å². The van der Waals surface area contributed by atoms with Crippen LogP contribution in [0.1, 0.15) is 30.2 Å². The van der Waals surface area contributed by atoms with Gasteiger partial charge in [-0.05, 0) is 43.7 Å². The molecule has 1 aromatic heterocycles. The van der Waals surface area contributed by atoms with E-state index in [4.69, 9.17) is 10.3 Å². The summed E-state index contributed by atoms with van der Waals surface area (Å²) < 4.78 is 23.7. The zero-order valence-electron chi connectivity index (χ0n) is 18.5. The third-order valence-corrected chi connectivity index (χ3v) is 7.68. The number of hydroxylamine groups is 1. The minimum atomic E-state index is -3.86. The van der Waals surface area contributed by atoms with Crippen LogP contribution in [0, 0.1) is 11.8 Å². The van der Waals surface area contributed by atoms with Crippen molar-refractivity contribution in [2.45, 2.75) is 24.6 Å². The summed E-state index contributed by atoms with van der Waals surface area (Å²) in [6.45, 7) is 0.819. The number of aromatic nitrogens is 1. The van der Waals surface area contributed by atoms with Gasteiger partial charge in [0.15, 0.2) is 14.6 Å². The van der Waals surface area contributed by atoms with Gasteiger partial charge in [0.2, 0.25) is 5.91 Å². The molecular formula is C22H24N4O7S. The number of nitrogens with zero attached hydrogens (tertiary/aromatic N) is 2. The van der Waals surface area contributed by atoms with Crippen LogP contribution in [0.4, 0.5) is 10.5 Å². The predicted octanol–water partition coefficient (Wildman–Crippen LogP) is 0.301. The maximum Gasteiger partial charge on any atom is 0.328 e. The summed E-state index contributed by atoms with van der Waals surface area (Å²) in [5.74, 6) is 4.36. The highest BCUT2D eigenvalue weighted by molar-refractivity contribution is 7.92. The number of carbonyl (C=O) groups excluding carboxylic acids is 3. The second-order valence-electron chi connectivity index (χ2n) is 8.02. The molecule has 0 bridgehead atoms. The number of rotatable bonds is 7. The van der Waals surface area contributed by atoms with E-state index in [-0.39, 0.29) is 25.5 Å². The van der Waals surface area contributed by atoms with Gasteiger partial charge in [0, 0.05) is 41.5 Å². The number of benzene rings is 1. The average Bonchev–Trinajstić information content (AvgIpc) is 3.33. The Bertz CT molecular complexity index is 1290. The SMILES string of the molecule is C[C@@](CCN1Cc2cc(C#Cc3ccc(NC(=O)CO)cc3)cn2C1=O)(C(=O)NO)S(C)(=O)=O. The van der Waals surface area contributed by atoms with E-state index in [1.165, 1.54) is 21.9 Å². The largest absolute Gasteiger partial charge is 0.387 e. The Balaban J connectivity index is 1.66. The van der Waals surface area contributed by atoms with Gasteiger partial charge in [-0.3, -0.25) is 19.4 Å². The van der Waals surface area contributed by atoms with E-state index in [2.05, 4.69) is 17.2 Å². The summed E-state index contributed by atoms with van der Waals surface area (Å²) in [5.41, 5.74) is 3.89. The van der Waals surface area contributed by atoms with Gasteiger partial charge in [-0.1, -0.05) is 11.8 Å². The number of anilines is 1. The van der Waals surface area contributed by atoms with Crippen molar-refractivity contribution in [3.8, 4) is 11.8 Å². The number of sulfone groups is 1. The maximum absolute atomic E-state index is 12.7. The first-order chi connectivity index (χ1) is 16.0. The van der Waals surface area contributed by atoms with E-state index in [0.29, 0.717) is 22.5 Å². The minimum absolute atomic E-state index is 0.00230. The van der Waals surface area contributed by atoms with Gasteiger partial charge in [-0.2, -0.15) is 0 Å². The summed E-state index contributed by atoms with van der Waals surface area (Å²) in [7, 11) is -3.86. The number of hydrogen-bond acceptors (Lipinski definition) is 7. The lowest BCUT2D eigenvalue weighted by molar-refractivity contribution is -0.131. The van der Waals surface area contributed by atoms with E-state index in [1.807, 2.05) is 0 Å². The molecule has 3 rings (SSSR count). The fraction of sp³-hybridized carbons (Fsp3) is 0.318. The van der Waals surface area contributed by atoms with Gasteiger partial charge in [-0.25, -0.2) is 18.7 Å². The molecule has 11 nitrogen and oxygen atoms in total. The molecule has 1 aromatic carbocycles. The molecule has 34 heavy (non-hydrogen) atoms. The van der Waals surface area contributed by atoms with Crippen molar-refractivity contribution in [3.05, 3.63) is 53.3 Å². The van der Waals surface area contributed by atoms with Crippen molar-refractivity contribution < 1.29 is 33.1 Å². The van der Waals surface area contributed by atoms with Crippen LogP contribution in [0.25, 0.3) is 0 Å². The molecule has 12 heteroatoms. The summed E-state index contributed by atoms with van der Waals surface area (Å²) in [4.78, 5) is 37.3. The summed E-state index contributed by atoms with van der Waals surface area (Å²) in [5, 5.41) is 20.2. The van der Waals surface area contributed by atoms with Gasteiger partial charge in [0.05, 0.1) is 6.54 Å². The van der Waals surface area contributed by atoms with Crippen molar-refractivity contribution in [3.63, 3.8) is 0 Å². The van der Waals surface area contributed by atoms with Gasteiger partial charge >= 0.3 is 6.03 Å². The molecule has 4 N–H and O–H groups in total. The fourth-order valence-corrected chi connectivity index (χ4v) is 4.23. The molecule has 0 aliphatic carbocycles. The Kier molecular flexibility index (Phi) is 7.11. The molecule has 0 saturated carbocycles. The Morgan fingerprint density at radius 1 is 1.18 bits per heavy atom. The molecule has 0 spiro atoms. The molecule has 180 valence electrons. The third kappa shape index (κ3) is 5.12. The van der Waals surface area contributed by atoms with E-state index in [0.717, 1.165) is 6.26 Å². The first kappa shape index (κ1) is 25.0. The van der Waals surface area contributed by atoms with E-state index in [9.17, 15) is 22.8 Å². The number of amides is 3. The monoisotopic (exact) mass is 488 g/mol. The number of carbonyl (C=O) groups is 3. The Hall–Kier alpha value is -3.66. The van der Waals surface area contributed by atoms with Crippen LogP contribution in [0.3, 0.4) is 0 Å². The number of hydrogen-bond donors (Lipinski definition) is 4. The average molecular weight is 489 g/mol. The fourth-order valence-electron chi connectivity index (χ4n) is 3.38. The Labute approximate surface area is 196 Å². The zero-order chi connectivity index (χ0) is 25.1. The van der Waals surface area contributed by atoms with Crippen molar-refractivity contribution in [2.24, 2.45) is 0 Å². The summed E-state index contributed by atoms with van der Waals surface area (Å²) >= 11 is 0. The quantitative estimate of drug-likeness (QED) is 0.248. The zero-order valence-corrected chi connectivity index (χ0v) is 19.3. The second-order valence-corrected chi connectivity index (χ2v) is 10.5. The normalized spacial score (nSPS) is 14.6. The molecule has 0 saturated heterocycles. The predicted molar refractivity (Wildman–Crippen MR) is 122 cm³/mol. The molecule has 0 radical (unpaired) electrons.